The number of nitrogens with one attached hydrogen (secondary N) is 2. The maximum absolute atomic E-state index is 13.7. The van der Waals surface area contributed by atoms with Crippen LogP contribution in [0.1, 0.15) is 27.0 Å². The minimum Gasteiger partial charge on any atom is -0.342 e. The first-order valence-corrected chi connectivity index (χ1v) is 12.8. The topological polar surface area (TPSA) is 105 Å². The van der Waals surface area contributed by atoms with Crippen LogP contribution in [0.25, 0.3) is 10.8 Å². The zero-order valence-electron chi connectivity index (χ0n) is 21.0. The Morgan fingerprint density at radius 3 is 2.34 bits per heavy atom. The zero-order valence-corrected chi connectivity index (χ0v) is 21.0. The van der Waals surface area contributed by atoms with Crippen LogP contribution in [0.2, 0.25) is 0 Å². The Hall–Kier alpha value is -4.49. The highest BCUT2D eigenvalue weighted by atomic mass is 16.2. The lowest BCUT2D eigenvalue weighted by molar-refractivity contribution is -0.128. The van der Waals surface area contributed by atoms with Gasteiger partial charge in [-0.25, -0.2) is 0 Å². The quantitative estimate of drug-likeness (QED) is 0.335. The molecule has 0 aliphatic carbocycles. The number of hydrogen-bond acceptors (Lipinski definition) is 4. The molecule has 0 spiro atoms. The molecule has 1 heterocycles. The van der Waals surface area contributed by atoms with E-state index in [9.17, 15) is 14.4 Å². The predicted octanol–water partition coefficient (Wildman–Crippen LogP) is 3.35. The number of amides is 3. The molecule has 4 aromatic rings. The van der Waals surface area contributed by atoms with E-state index in [1.165, 1.54) is 4.90 Å². The van der Waals surface area contributed by atoms with E-state index in [1.54, 1.807) is 6.07 Å². The van der Waals surface area contributed by atoms with Crippen LogP contribution in [0.4, 0.5) is 5.69 Å². The highest BCUT2D eigenvalue weighted by Crippen LogP contribution is 2.28. The van der Waals surface area contributed by atoms with Crippen molar-refractivity contribution in [2.75, 3.05) is 18.1 Å². The smallest absolute Gasteiger partial charge is 0.259 e. The summed E-state index contributed by atoms with van der Waals surface area (Å²) in [5.41, 5.74) is 9.72. The summed E-state index contributed by atoms with van der Waals surface area (Å²) in [5.74, 6) is -1.04. The number of aryl methyl sites for hydroxylation is 2. The molecule has 0 unspecified atom stereocenters. The lowest BCUT2D eigenvalue weighted by Crippen LogP contribution is -2.52. The van der Waals surface area contributed by atoms with Crippen molar-refractivity contribution in [2.45, 2.75) is 25.3 Å². The van der Waals surface area contributed by atoms with Crippen molar-refractivity contribution in [3.05, 3.63) is 113 Å². The van der Waals surface area contributed by atoms with Crippen LogP contribution in [0.15, 0.2) is 91.0 Å². The average Bonchev–Trinajstić information content (AvgIpc) is 2.94. The van der Waals surface area contributed by atoms with Gasteiger partial charge in [0.2, 0.25) is 11.8 Å². The SMILES string of the molecule is NCNC(=O)[C@@H](Cc1ccc2ccccc2c1)NC(=O)CN1C(=O)c2ccccc2CCc2ccccc21. The van der Waals surface area contributed by atoms with Crippen molar-refractivity contribution in [1.82, 2.24) is 10.6 Å². The van der Waals surface area contributed by atoms with Gasteiger partial charge in [0.15, 0.2) is 0 Å². The number of benzene rings is 4. The molecule has 0 radical (unpaired) electrons. The van der Waals surface area contributed by atoms with Gasteiger partial charge in [-0.2, -0.15) is 0 Å². The van der Waals surface area contributed by atoms with Gasteiger partial charge >= 0.3 is 0 Å². The molecule has 0 saturated carbocycles. The number of hydrogen-bond donors (Lipinski definition) is 3. The third-order valence-electron chi connectivity index (χ3n) is 6.92. The molecule has 38 heavy (non-hydrogen) atoms. The van der Waals surface area contributed by atoms with Gasteiger partial charge < -0.3 is 16.4 Å². The van der Waals surface area contributed by atoms with E-state index in [1.807, 2.05) is 84.9 Å². The maximum atomic E-state index is 13.7. The highest BCUT2D eigenvalue weighted by molar-refractivity contribution is 6.10. The fourth-order valence-electron chi connectivity index (χ4n) is 5.03. The molecule has 0 saturated heterocycles. The van der Waals surface area contributed by atoms with Gasteiger partial charge in [-0.15, -0.1) is 0 Å². The molecule has 5 rings (SSSR count). The molecule has 4 N–H and O–H groups in total. The normalized spacial score (nSPS) is 13.6. The number of carbonyl (C=O) groups excluding carboxylic acids is 3. The molecule has 1 aliphatic rings. The van der Waals surface area contributed by atoms with Crippen molar-refractivity contribution in [2.24, 2.45) is 5.73 Å². The monoisotopic (exact) mass is 506 g/mol. The summed E-state index contributed by atoms with van der Waals surface area (Å²) in [6.45, 7) is -0.258. The second kappa shape index (κ2) is 11.3. The van der Waals surface area contributed by atoms with E-state index in [2.05, 4.69) is 10.6 Å². The minimum absolute atomic E-state index is 0.0440. The van der Waals surface area contributed by atoms with Crippen molar-refractivity contribution < 1.29 is 14.4 Å². The lowest BCUT2D eigenvalue weighted by atomic mass is 9.95. The number of carbonyl (C=O) groups is 3. The molecular formula is C31H30N4O3. The predicted molar refractivity (Wildman–Crippen MR) is 149 cm³/mol. The van der Waals surface area contributed by atoms with Crippen LogP contribution in [0.3, 0.4) is 0 Å². The summed E-state index contributed by atoms with van der Waals surface area (Å²) in [6, 6.07) is 28.2. The first-order chi connectivity index (χ1) is 18.5. The minimum atomic E-state index is -0.848. The zero-order chi connectivity index (χ0) is 26.5. The Morgan fingerprint density at radius 1 is 0.842 bits per heavy atom. The second-order valence-electron chi connectivity index (χ2n) is 9.43. The number of rotatable bonds is 7. The first-order valence-electron chi connectivity index (χ1n) is 12.8. The van der Waals surface area contributed by atoms with Gasteiger partial charge in [-0.3, -0.25) is 19.3 Å². The van der Waals surface area contributed by atoms with Crippen molar-refractivity contribution in [3.63, 3.8) is 0 Å². The molecule has 1 aliphatic heterocycles. The van der Waals surface area contributed by atoms with Crippen LogP contribution < -0.4 is 21.3 Å². The van der Waals surface area contributed by atoms with Crippen LogP contribution in [0.5, 0.6) is 0 Å². The van der Waals surface area contributed by atoms with E-state index >= 15 is 0 Å². The third-order valence-corrected chi connectivity index (χ3v) is 6.92. The van der Waals surface area contributed by atoms with Gasteiger partial charge in [-0.1, -0.05) is 78.9 Å². The molecule has 7 heteroatoms. The van der Waals surface area contributed by atoms with E-state index in [0.29, 0.717) is 11.3 Å². The van der Waals surface area contributed by atoms with Crippen molar-refractivity contribution in [3.8, 4) is 0 Å². The lowest BCUT2D eigenvalue weighted by Gasteiger charge is -2.29. The molecule has 3 amide bonds. The summed E-state index contributed by atoms with van der Waals surface area (Å²) in [7, 11) is 0. The van der Waals surface area contributed by atoms with E-state index in [0.717, 1.165) is 40.3 Å². The number of anilines is 1. The molecule has 1 atom stereocenters. The Kier molecular flexibility index (Phi) is 7.47. The van der Waals surface area contributed by atoms with Crippen LogP contribution >= 0.6 is 0 Å². The molecule has 0 bridgehead atoms. The van der Waals surface area contributed by atoms with Crippen LogP contribution in [-0.2, 0) is 28.9 Å². The maximum Gasteiger partial charge on any atom is 0.259 e. The molecule has 0 aromatic heterocycles. The Morgan fingerprint density at radius 2 is 1.53 bits per heavy atom. The van der Waals surface area contributed by atoms with Gasteiger partial charge in [-0.05, 0) is 52.4 Å². The van der Waals surface area contributed by atoms with Crippen LogP contribution in [-0.4, -0.2) is 37.0 Å². The largest absolute Gasteiger partial charge is 0.342 e. The van der Waals surface area contributed by atoms with E-state index in [4.69, 9.17) is 5.73 Å². The first kappa shape index (κ1) is 25.2. The number of nitrogens with two attached hydrogens (primary N) is 1. The second-order valence-corrected chi connectivity index (χ2v) is 9.43. The fraction of sp³-hybridized carbons (Fsp3) is 0.194. The van der Waals surface area contributed by atoms with E-state index < -0.39 is 11.9 Å². The van der Waals surface area contributed by atoms with Gasteiger partial charge in [0, 0.05) is 17.7 Å². The molecule has 4 aromatic carbocycles. The highest BCUT2D eigenvalue weighted by Gasteiger charge is 2.28. The fourth-order valence-corrected chi connectivity index (χ4v) is 5.03. The summed E-state index contributed by atoms with van der Waals surface area (Å²) in [6.07, 6.45) is 1.78. The number of para-hydroxylation sites is 1. The Bertz CT molecular complexity index is 1500. The molecule has 192 valence electrons. The summed E-state index contributed by atoms with van der Waals surface area (Å²) < 4.78 is 0. The Balaban J connectivity index is 1.40. The number of fused-ring (bicyclic) bond motifs is 3. The Labute approximate surface area is 221 Å². The molecule has 0 fully saturated rings. The average molecular weight is 507 g/mol. The van der Waals surface area contributed by atoms with Gasteiger partial charge in [0.25, 0.3) is 5.91 Å². The third kappa shape index (κ3) is 5.43. The van der Waals surface area contributed by atoms with Crippen molar-refractivity contribution in [1.29, 1.82) is 0 Å². The van der Waals surface area contributed by atoms with Gasteiger partial charge in [0.1, 0.15) is 12.6 Å². The molecule has 7 nitrogen and oxygen atoms in total. The molecular weight excluding hydrogens is 476 g/mol. The van der Waals surface area contributed by atoms with E-state index in [-0.39, 0.29) is 31.4 Å². The summed E-state index contributed by atoms with van der Waals surface area (Å²) in [5, 5.41) is 7.61. The standard InChI is InChI=1S/C31H30N4O3/c32-20-33-30(37)27(18-21-13-14-22-7-1-2-10-25(22)17-21)34-29(36)19-35-28-12-6-4-9-24(28)16-15-23-8-3-5-11-26(23)31(35)38/h1-14,17,27H,15-16,18-20,32H2,(H,33,37)(H,34,36)/t27-/m1/s1. The van der Waals surface area contributed by atoms with Crippen LogP contribution in [0, 0.1) is 0 Å². The summed E-state index contributed by atoms with van der Waals surface area (Å²) >= 11 is 0. The van der Waals surface area contributed by atoms with Gasteiger partial charge in [0.05, 0.1) is 6.67 Å². The number of nitrogens with zero attached hydrogens (tertiary/aromatic N) is 1. The van der Waals surface area contributed by atoms with Crippen molar-refractivity contribution >= 4 is 34.2 Å². The summed E-state index contributed by atoms with van der Waals surface area (Å²) in [4.78, 5) is 41.4.